The Hall–Kier alpha value is -1.91. The van der Waals surface area contributed by atoms with Gasteiger partial charge >= 0.3 is 17.9 Å². The lowest BCUT2D eigenvalue weighted by Gasteiger charge is -2.11. The van der Waals surface area contributed by atoms with Crippen LogP contribution in [0.4, 0.5) is 0 Å². The number of carbonyl (C=O) groups is 3. The van der Waals surface area contributed by atoms with Gasteiger partial charge in [-0.15, -0.1) is 0 Å². The largest absolute Gasteiger partial charge is 0.463 e. The van der Waals surface area contributed by atoms with Gasteiger partial charge in [0.05, 0.1) is 19.4 Å². The summed E-state index contributed by atoms with van der Waals surface area (Å²) in [6.07, 6.45) is -0.698. The molecular weight excluding hydrogens is 376 g/mol. The van der Waals surface area contributed by atoms with Crippen LogP contribution in [0.3, 0.4) is 0 Å². The molecule has 0 saturated heterocycles. The van der Waals surface area contributed by atoms with Gasteiger partial charge in [-0.3, -0.25) is 9.59 Å². The molecule has 0 spiro atoms. The molecule has 0 rings (SSSR count). The third kappa shape index (κ3) is 16.0. The first-order valence-corrected chi connectivity index (χ1v) is 10.7. The van der Waals surface area contributed by atoms with Crippen LogP contribution in [0, 0.1) is 0 Å². The Morgan fingerprint density at radius 2 is 1.59 bits per heavy atom. The topological polar surface area (TPSA) is 125 Å². The van der Waals surface area contributed by atoms with Gasteiger partial charge in [0.2, 0.25) is 0 Å². The summed E-state index contributed by atoms with van der Waals surface area (Å²) in [4.78, 5) is 34.0. The summed E-state index contributed by atoms with van der Waals surface area (Å²) in [6, 6.07) is 0.599. The minimum atomic E-state index is -1.51. The third-order valence-electron chi connectivity index (χ3n) is 3.03. The van der Waals surface area contributed by atoms with E-state index in [9.17, 15) is 24.0 Å². The first kappa shape index (κ1) is 25.1. The van der Waals surface area contributed by atoms with Crippen molar-refractivity contribution in [2.75, 3.05) is 33.0 Å². The molecule has 9 nitrogen and oxygen atoms in total. The predicted molar refractivity (Wildman–Crippen MR) is 95.5 cm³/mol. The first-order chi connectivity index (χ1) is 12.7. The third-order valence-corrected chi connectivity index (χ3v) is 4.08. The molecule has 1 unspecified atom stereocenters. The number of hydrogen-bond donors (Lipinski definition) is 1. The molecule has 0 aromatic heterocycles. The molecule has 10 heteroatoms. The highest BCUT2D eigenvalue weighted by atomic mass is 28.3. The van der Waals surface area contributed by atoms with Crippen molar-refractivity contribution < 1.29 is 42.9 Å². The maximum atomic E-state index is 11.5. The fourth-order valence-corrected chi connectivity index (χ4v) is 2.28. The minimum absolute atomic E-state index is 0.00285. The van der Waals surface area contributed by atoms with Crippen LogP contribution < -0.4 is 0 Å². The highest BCUT2D eigenvalue weighted by molar-refractivity contribution is 6.40. The van der Waals surface area contributed by atoms with Crippen LogP contribution in [-0.2, 0) is 37.8 Å². The van der Waals surface area contributed by atoms with Gasteiger partial charge in [-0.05, 0) is 25.9 Å². The number of ether oxygens (including phenoxy) is 4. The average Bonchev–Trinajstić information content (AvgIpc) is 2.60. The van der Waals surface area contributed by atoms with Crippen LogP contribution in [0.1, 0.15) is 26.2 Å². The smallest absolute Gasteiger partial charge is 0.333 e. The van der Waals surface area contributed by atoms with Gasteiger partial charge < -0.3 is 28.5 Å². The van der Waals surface area contributed by atoms with E-state index in [1.54, 1.807) is 6.55 Å². The summed E-state index contributed by atoms with van der Waals surface area (Å²) in [7, 11) is -1.51. The molecule has 1 N–H and O–H groups in total. The minimum Gasteiger partial charge on any atom is -0.463 e. The molecule has 0 aromatic rings. The van der Waals surface area contributed by atoms with Gasteiger partial charge in [0, 0.05) is 12.2 Å². The molecule has 27 heavy (non-hydrogen) atoms. The molecule has 0 aliphatic heterocycles. The second kappa shape index (κ2) is 15.2. The fourth-order valence-electron chi connectivity index (χ4n) is 1.64. The second-order valence-electron chi connectivity index (χ2n) is 5.85. The van der Waals surface area contributed by atoms with Gasteiger partial charge in [-0.2, -0.15) is 0 Å². The van der Waals surface area contributed by atoms with Crippen LogP contribution in [-0.4, -0.2) is 70.8 Å². The van der Waals surface area contributed by atoms with Crippen LogP contribution in [0.25, 0.3) is 0 Å². The van der Waals surface area contributed by atoms with E-state index in [2.05, 4.69) is 6.58 Å². The summed E-state index contributed by atoms with van der Waals surface area (Å²) in [5, 5.41) is 9.61. The van der Waals surface area contributed by atoms with Crippen LogP contribution >= 0.6 is 0 Å². The summed E-state index contributed by atoms with van der Waals surface area (Å²) in [5.74, 6) is -1.85. The Morgan fingerprint density at radius 3 is 2.19 bits per heavy atom. The van der Waals surface area contributed by atoms with Crippen LogP contribution in [0.5, 0.6) is 0 Å². The summed E-state index contributed by atoms with van der Waals surface area (Å²) in [5.41, 5.74) is 0.245. The maximum absolute atomic E-state index is 11.5. The Balaban J connectivity index is 3.66. The normalized spacial score (nSPS) is 11.4. The van der Waals surface area contributed by atoms with Crippen molar-refractivity contribution in [2.24, 2.45) is 0 Å². The molecule has 0 aliphatic rings. The summed E-state index contributed by atoms with van der Waals surface area (Å²) >= 11 is 0. The zero-order valence-electron chi connectivity index (χ0n) is 15.9. The highest BCUT2D eigenvalue weighted by Gasteiger charge is 2.12. The van der Waals surface area contributed by atoms with E-state index >= 15 is 0 Å². The lowest BCUT2D eigenvalue weighted by Crippen LogP contribution is -2.24. The predicted octanol–water partition coefficient (Wildman–Crippen LogP) is 0.792. The summed E-state index contributed by atoms with van der Waals surface area (Å²) in [6.45, 7) is 6.51. The average molecular weight is 404 g/mol. The molecule has 1 atom stereocenters. The molecule has 0 aromatic carbocycles. The van der Waals surface area contributed by atoms with Gasteiger partial charge in [0.1, 0.15) is 25.9 Å². The lowest BCUT2D eigenvalue weighted by atomic mass is 10.3. The highest BCUT2D eigenvalue weighted by Crippen LogP contribution is 1.99. The molecule has 0 amide bonds. The van der Waals surface area contributed by atoms with E-state index in [1.807, 2.05) is 0 Å². The second-order valence-corrected chi connectivity index (χ2v) is 7.76. The van der Waals surface area contributed by atoms with Crippen molar-refractivity contribution in [3.05, 3.63) is 12.2 Å². The van der Waals surface area contributed by atoms with Crippen molar-refractivity contribution >= 4 is 26.6 Å². The molecule has 0 fully saturated rings. The van der Waals surface area contributed by atoms with Crippen molar-refractivity contribution in [3.8, 4) is 0 Å². The number of carbonyl (C=O) groups excluding carboxylic acids is 3. The van der Waals surface area contributed by atoms with Crippen molar-refractivity contribution in [1.82, 2.24) is 0 Å². The van der Waals surface area contributed by atoms with Gasteiger partial charge in [0.15, 0.2) is 0 Å². The SMILES string of the molecule is C=C(C)C(=O)OCCOC(=O)CCC(=O)OCC(O)COCCC[Si](C)=O. The van der Waals surface area contributed by atoms with E-state index in [0.29, 0.717) is 19.1 Å². The molecule has 0 radical (unpaired) electrons. The van der Waals surface area contributed by atoms with Crippen molar-refractivity contribution in [2.45, 2.75) is 44.9 Å². The molecule has 0 saturated carbocycles. The molecule has 0 aliphatic carbocycles. The standard InChI is InChI=1S/C17H28O9Si/c1-13(2)17(21)25-9-8-24-15(19)5-6-16(20)26-12-14(18)11-23-7-4-10-27(3)22/h14,18H,1,4-12H2,2-3H3. The van der Waals surface area contributed by atoms with Gasteiger partial charge in [0.25, 0.3) is 8.68 Å². The Kier molecular flexibility index (Phi) is 14.1. The number of aliphatic hydroxyl groups excluding tert-OH is 1. The zero-order valence-corrected chi connectivity index (χ0v) is 16.9. The van der Waals surface area contributed by atoms with E-state index < -0.39 is 32.7 Å². The Labute approximate surface area is 160 Å². The first-order valence-electron chi connectivity index (χ1n) is 8.61. The molecule has 0 bridgehead atoms. The molecule has 0 heterocycles. The fraction of sp³-hybridized carbons (Fsp3) is 0.706. The van der Waals surface area contributed by atoms with Crippen LogP contribution in [0.15, 0.2) is 12.2 Å². The maximum Gasteiger partial charge on any atom is 0.333 e. The van der Waals surface area contributed by atoms with E-state index in [0.717, 1.165) is 0 Å². The monoisotopic (exact) mass is 404 g/mol. The van der Waals surface area contributed by atoms with Gasteiger partial charge in [-0.1, -0.05) is 6.58 Å². The number of aliphatic hydroxyl groups is 1. The molecular formula is C17H28O9Si. The Bertz CT molecular complexity index is 519. The number of rotatable bonds is 15. The van der Waals surface area contributed by atoms with Crippen molar-refractivity contribution in [1.29, 1.82) is 0 Å². The zero-order chi connectivity index (χ0) is 20.7. The molecule has 154 valence electrons. The summed E-state index contributed by atoms with van der Waals surface area (Å²) < 4.78 is 30.5. The van der Waals surface area contributed by atoms with Crippen molar-refractivity contribution in [3.63, 3.8) is 0 Å². The van der Waals surface area contributed by atoms with Gasteiger partial charge in [-0.25, -0.2) is 4.79 Å². The number of esters is 3. The number of hydrogen-bond acceptors (Lipinski definition) is 9. The Morgan fingerprint density at radius 1 is 1.00 bits per heavy atom. The lowest BCUT2D eigenvalue weighted by molar-refractivity contribution is -0.154. The van der Waals surface area contributed by atoms with Crippen LogP contribution in [0.2, 0.25) is 12.6 Å². The quantitative estimate of drug-likeness (QED) is 0.139. The van der Waals surface area contributed by atoms with E-state index in [4.69, 9.17) is 18.9 Å². The van der Waals surface area contributed by atoms with E-state index in [1.165, 1.54) is 6.92 Å². The van der Waals surface area contributed by atoms with E-state index in [-0.39, 0.29) is 44.8 Å².